The van der Waals surface area contributed by atoms with Gasteiger partial charge in [0.05, 0.1) is 0 Å². The maximum absolute atomic E-state index is 4.49. The van der Waals surface area contributed by atoms with Gasteiger partial charge < -0.3 is 15.2 Å². The molecule has 1 heterocycles. The summed E-state index contributed by atoms with van der Waals surface area (Å²) >= 11 is 1.71. The zero-order valence-electron chi connectivity index (χ0n) is 19.9. The zero-order valence-corrected chi connectivity index (χ0v) is 20.8. The van der Waals surface area contributed by atoms with Crippen LogP contribution in [0.2, 0.25) is 0 Å². The summed E-state index contributed by atoms with van der Waals surface area (Å²) in [4.78, 5) is 6.89. The van der Waals surface area contributed by atoms with Crippen molar-refractivity contribution in [1.29, 1.82) is 0 Å². The average molecular weight is 438 g/mol. The molecule has 172 valence electrons. The van der Waals surface area contributed by atoms with Crippen LogP contribution in [0, 0.1) is 0 Å². The van der Waals surface area contributed by atoms with Crippen LogP contribution in [0.1, 0.15) is 78.1 Å². The monoisotopic (exact) mass is 437 g/mol. The third-order valence-electron chi connectivity index (χ3n) is 5.91. The van der Waals surface area contributed by atoms with Gasteiger partial charge in [-0.25, -0.2) is 0 Å². The molecule has 7 nitrogen and oxygen atoms in total. The molecule has 1 saturated carbocycles. The van der Waals surface area contributed by atoms with Crippen molar-refractivity contribution in [1.82, 2.24) is 30.3 Å². The van der Waals surface area contributed by atoms with Crippen molar-refractivity contribution in [2.24, 2.45) is 4.99 Å². The Bertz CT molecular complexity index is 627. The predicted octanol–water partition coefficient (Wildman–Crippen LogP) is 3.72. The highest BCUT2D eigenvalue weighted by atomic mass is 32.2. The number of nitrogens with one attached hydrogen (secondary N) is 2. The Labute approximate surface area is 187 Å². The van der Waals surface area contributed by atoms with Gasteiger partial charge in [-0.15, -0.1) is 10.2 Å². The summed E-state index contributed by atoms with van der Waals surface area (Å²) in [5.41, 5.74) is 0. The van der Waals surface area contributed by atoms with Crippen molar-refractivity contribution in [2.75, 3.05) is 32.9 Å². The lowest BCUT2D eigenvalue weighted by molar-refractivity contribution is 0.173. The first-order valence-corrected chi connectivity index (χ1v) is 12.9. The Morgan fingerprint density at radius 2 is 1.73 bits per heavy atom. The molecule has 30 heavy (non-hydrogen) atoms. The number of aryl methyl sites for hydroxylation is 1. The van der Waals surface area contributed by atoms with E-state index < -0.39 is 0 Å². The number of aromatic nitrogens is 3. The van der Waals surface area contributed by atoms with E-state index in [9.17, 15) is 0 Å². The number of hydrogen-bond acceptors (Lipinski definition) is 5. The number of thioether (sulfide) groups is 1. The quantitative estimate of drug-likeness (QED) is 0.225. The van der Waals surface area contributed by atoms with Crippen LogP contribution in [-0.2, 0) is 6.42 Å². The summed E-state index contributed by atoms with van der Waals surface area (Å²) in [6, 6.07) is 1.76. The molecule has 2 N–H and O–H groups in total. The van der Waals surface area contributed by atoms with E-state index in [4.69, 9.17) is 0 Å². The third-order valence-corrected chi connectivity index (χ3v) is 6.56. The molecule has 2 rings (SSSR count). The fourth-order valence-electron chi connectivity index (χ4n) is 4.40. The van der Waals surface area contributed by atoms with Crippen LogP contribution < -0.4 is 10.6 Å². The summed E-state index contributed by atoms with van der Waals surface area (Å²) in [7, 11) is 1.84. The van der Waals surface area contributed by atoms with Gasteiger partial charge in [0.2, 0.25) is 0 Å². The van der Waals surface area contributed by atoms with Gasteiger partial charge >= 0.3 is 0 Å². The molecule has 0 saturated heterocycles. The highest BCUT2D eigenvalue weighted by Gasteiger charge is 2.23. The van der Waals surface area contributed by atoms with Crippen molar-refractivity contribution in [3.63, 3.8) is 0 Å². The van der Waals surface area contributed by atoms with Gasteiger partial charge in [0.25, 0.3) is 0 Å². The first kappa shape index (κ1) is 25.0. The average Bonchev–Trinajstić information content (AvgIpc) is 3.37. The van der Waals surface area contributed by atoms with E-state index in [2.05, 4.69) is 69.2 Å². The maximum atomic E-state index is 4.49. The van der Waals surface area contributed by atoms with E-state index in [0.717, 1.165) is 55.8 Å². The van der Waals surface area contributed by atoms with E-state index in [1.54, 1.807) is 11.8 Å². The van der Waals surface area contributed by atoms with Crippen LogP contribution in [-0.4, -0.2) is 70.6 Å². The first-order chi connectivity index (χ1) is 14.5. The molecule has 0 spiro atoms. The maximum Gasteiger partial charge on any atom is 0.191 e. The standard InChI is InChI=1S/C22H43N7S/c1-17(2)28(18(3)4)16-10-15-25-21(23-5)24-14-9-13-20-26-27-22(30-6)29(20)19-11-7-8-12-19/h17-19H,7-16H2,1-6H3,(H2,23,24,25). The van der Waals surface area contributed by atoms with Crippen molar-refractivity contribution in [3.8, 4) is 0 Å². The first-order valence-electron chi connectivity index (χ1n) is 11.7. The lowest BCUT2D eigenvalue weighted by Crippen LogP contribution is -2.41. The number of nitrogens with zero attached hydrogens (tertiary/aromatic N) is 5. The lowest BCUT2D eigenvalue weighted by atomic mass is 10.2. The lowest BCUT2D eigenvalue weighted by Gasteiger charge is -2.30. The van der Waals surface area contributed by atoms with Gasteiger partial charge in [0.1, 0.15) is 5.82 Å². The second-order valence-corrected chi connectivity index (χ2v) is 9.49. The second kappa shape index (κ2) is 13.2. The Morgan fingerprint density at radius 3 is 2.30 bits per heavy atom. The van der Waals surface area contributed by atoms with E-state index in [1.807, 2.05) is 7.05 Å². The van der Waals surface area contributed by atoms with Gasteiger partial charge in [-0.05, 0) is 59.6 Å². The summed E-state index contributed by atoms with van der Waals surface area (Å²) in [6.45, 7) is 12.0. The van der Waals surface area contributed by atoms with Crippen molar-refractivity contribution >= 4 is 17.7 Å². The Hall–Kier alpha value is -1.28. The Morgan fingerprint density at radius 1 is 1.10 bits per heavy atom. The van der Waals surface area contributed by atoms with Crippen LogP contribution in [0.3, 0.4) is 0 Å². The number of aliphatic imine (C=N–C) groups is 1. The summed E-state index contributed by atoms with van der Waals surface area (Å²) in [5.74, 6) is 2.02. The van der Waals surface area contributed by atoms with Crippen LogP contribution in [0.5, 0.6) is 0 Å². The predicted molar refractivity (Wildman–Crippen MR) is 129 cm³/mol. The van der Waals surface area contributed by atoms with Crippen LogP contribution >= 0.6 is 11.8 Å². The Balaban J connectivity index is 1.71. The molecular formula is C22H43N7S. The van der Waals surface area contributed by atoms with Crippen LogP contribution in [0.15, 0.2) is 10.1 Å². The molecule has 0 aliphatic heterocycles. The molecule has 1 fully saturated rings. The van der Waals surface area contributed by atoms with E-state index in [-0.39, 0.29) is 0 Å². The van der Waals surface area contributed by atoms with E-state index in [1.165, 1.54) is 25.7 Å². The van der Waals surface area contributed by atoms with Gasteiger partial charge in [0, 0.05) is 51.2 Å². The molecule has 0 unspecified atom stereocenters. The molecule has 0 atom stereocenters. The van der Waals surface area contributed by atoms with Crippen molar-refractivity contribution in [3.05, 3.63) is 5.82 Å². The molecule has 8 heteroatoms. The number of hydrogen-bond donors (Lipinski definition) is 2. The summed E-state index contributed by atoms with van der Waals surface area (Å²) in [5, 5.41) is 16.9. The normalized spacial score (nSPS) is 15.7. The van der Waals surface area contributed by atoms with Gasteiger partial charge in [-0.2, -0.15) is 0 Å². The molecule has 1 aliphatic rings. The molecule has 1 aromatic heterocycles. The number of guanidine groups is 1. The molecule has 1 aliphatic carbocycles. The topological polar surface area (TPSA) is 70.4 Å². The molecule has 0 radical (unpaired) electrons. The minimum absolute atomic E-state index is 0.584. The SMILES string of the molecule is CN=C(NCCCc1nnc(SC)n1C1CCCC1)NCCCN(C(C)C)C(C)C. The highest BCUT2D eigenvalue weighted by molar-refractivity contribution is 7.98. The van der Waals surface area contributed by atoms with Gasteiger partial charge in [-0.3, -0.25) is 9.89 Å². The second-order valence-electron chi connectivity index (χ2n) is 8.72. The minimum atomic E-state index is 0.584. The molecule has 0 amide bonds. The van der Waals surface area contributed by atoms with E-state index >= 15 is 0 Å². The summed E-state index contributed by atoms with van der Waals surface area (Å²) < 4.78 is 2.40. The van der Waals surface area contributed by atoms with Gasteiger partial charge in [-0.1, -0.05) is 24.6 Å². The Kier molecular flexibility index (Phi) is 11.0. The fraction of sp³-hybridized carbons (Fsp3) is 0.864. The molecule has 0 bridgehead atoms. The smallest absolute Gasteiger partial charge is 0.191 e. The number of rotatable bonds is 12. The largest absolute Gasteiger partial charge is 0.356 e. The molecule has 0 aromatic carbocycles. The minimum Gasteiger partial charge on any atom is -0.356 e. The van der Waals surface area contributed by atoms with Crippen LogP contribution in [0.25, 0.3) is 0 Å². The summed E-state index contributed by atoms with van der Waals surface area (Å²) in [6.07, 6.45) is 10.4. The zero-order chi connectivity index (χ0) is 21.9. The molecule has 1 aromatic rings. The highest BCUT2D eigenvalue weighted by Crippen LogP contribution is 2.33. The van der Waals surface area contributed by atoms with Crippen molar-refractivity contribution in [2.45, 2.75) is 95.9 Å². The fourth-order valence-corrected chi connectivity index (χ4v) is 4.97. The van der Waals surface area contributed by atoms with E-state index in [0.29, 0.717) is 18.1 Å². The van der Waals surface area contributed by atoms with Gasteiger partial charge in [0.15, 0.2) is 11.1 Å². The van der Waals surface area contributed by atoms with Crippen LogP contribution in [0.4, 0.5) is 0 Å². The van der Waals surface area contributed by atoms with Crippen molar-refractivity contribution < 1.29 is 0 Å². The third kappa shape index (κ3) is 7.45. The molecular weight excluding hydrogens is 394 g/mol.